The Bertz CT molecular complexity index is 2450. The third-order valence-electron chi connectivity index (χ3n) is 9.01. The second kappa shape index (κ2) is 12.4. The van der Waals surface area contributed by atoms with Crippen LogP contribution in [0.5, 0.6) is 0 Å². The lowest BCUT2D eigenvalue weighted by atomic mass is 10.0. The summed E-state index contributed by atoms with van der Waals surface area (Å²) in [6.07, 6.45) is 0. The van der Waals surface area contributed by atoms with Crippen molar-refractivity contribution in [2.45, 2.75) is 0 Å². The molecule has 0 aliphatic carbocycles. The first-order valence-corrected chi connectivity index (χ1v) is 17.3. The zero-order valence-electron chi connectivity index (χ0n) is 26.6. The summed E-state index contributed by atoms with van der Waals surface area (Å²) in [5, 5.41) is 5.97. The van der Waals surface area contributed by atoms with E-state index >= 15 is 0 Å². The van der Waals surface area contributed by atoms with E-state index in [9.17, 15) is 0 Å². The third kappa shape index (κ3) is 5.29. The zero-order chi connectivity index (χ0) is 32.6. The van der Waals surface area contributed by atoms with E-state index in [0.29, 0.717) is 0 Å². The molecule has 4 heteroatoms. The summed E-state index contributed by atoms with van der Waals surface area (Å²) in [5.74, 6) is 0. The number of para-hydroxylation sites is 3. The molecule has 232 valence electrons. The maximum atomic E-state index is 5.30. The molecule has 0 saturated carbocycles. The van der Waals surface area contributed by atoms with Gasteiger partial charge in [0, 0.05) is 50.5 Å². The number of anilines is 6. The van der Waals surface area contributed by atoms with Crippen LogP contribution in [-0.2, 0) is 0 Å². The summed E-state index contributed by atoms with van der Waals surface area (Å²) < 4.78 is 1.23. The highest BCUT2D eigenvalue weighted by Gasteiger charge is 2.19. The summed E-state index contributed by atoms with van der Waals surface area (Å²) in [6, 6.07) is 66.6. The lowest BCUT2D eigenvalue weighted by Gasteiger charge is -2.29. The van der Waals surface area contributed by atoms with E-state index in [2.05, 4.69) is 198 Å². The standard InChI is InChI=1S/C45H31N3S/c1-4-17-33(18-5-1)47(34-19-6-2-7-20-34)37-24-15-25-38(31-37)48(35-21-8-3-9-22-35)36-23-14-16-32(30-36)45-46-43-41-28-12-10-26-39(41)40-27-11-13-29-42(40)44(43)49-45/h1-31H. The first-order chi connectivity index (χ1) is 24.3. The highest BCUT2D eigenvalue weighted by molar-refractivity contribution is 7.22. The molecule has 0 atom stereocenters. The maximum Gasteiger partial charge on any atom is 0.124 e. The molecule has 49 heavy (non-hydrogen) atoms. The van der Waals surface area contributed by atoms with Crippen molar-refractivity contribution in [3.8, 4) is 10.6 Å². The average Bonchev–Trinajstić information content (AvgIpc) is 3.63. The van der Waals surface area contributed by atoms with E-state index in [1.165, 1.54) is 26.2 Å². The van der Waals surface area contributed by atoms with Crippen LogP contribution in [0.1, 0.15) is 0 Å². The molecule has 1 aromatic heterocycles. The fraction of sp³-hybridized carbons (Fsp3) is 0. The topological polar surface area (TPSA) is 19.4 Å². The molecule has 3 nitrogen and oxygen atoms in total. The number of benzene rings is 8. The zero-order valence-corrected chi connectivity index (χ0v) is 27.5. The van der Waals surface area contributed by atoms with E-state index in [0.717, 1.165) is 50.2 Å². The highest BCUT2D eigenvalue weighted by Crippen LogP contribution is 2.43. The Hall–Kier alpha value is -6.23. The van der Waals surface area contributed by atoms with Crippen molar-refractivity contribution < 1.29 is 0 Å². The van der Waals surface area contributed by atoms with Gasteiger partial charge >= 0.3 is 0 Å². The van der Waals surface area contributed by atoms with Crippen molar-refractivity contribution in [3.05, 3.63) is 188 Å². The van der Waals surface area contributed by atoms with Crippen molar-refractivity contribution >= 4 is 77.2 Å². The monoisotopic (exact) mass is 645 g/mol. The van der Waals surface area contributed by atoms with Gasteiger partial charge in [0.1, 0.15) is 5.01 Å². The number of fused-ring (bicyclic) bond motifs is 6. The molecule has 0 saturated heterocycles. The molecule has 0 N–H and O–H groups in total. The van der Waals surface area contributed by atoms with Crippen molar-refractivity contribution in [2.24, 2.45) is 0 Å². The largest absolute Gasteiger partial charge is 0.310 e. The molecule has 0 aliphatic rings. The van der Waals surface area contributed by atoms with E-state index in [1.54, 1.807) is 11.3 Å². The molecule has 9 rings (SSSR count). The van der Waals surface area contributed by atoms with Gasteiger partial charge in [-0.25, -0.2) is 4.98 Å². The summed E-state index contributed by atoms with van der Waals surface area (Å²) in [4.78, 5) is 9.94. The van der Waals surface area contributed by atoms with Gasteiger partial charge in [0.15, 0.2) is 0 Å². The fourth-order valence-electron chi connectivity index (χ4n) is 6.82. The Morgan fingerprint density at radius 1 is 0.347 bits per heavy atom. The van der Waals surface area contributed by atoms with Crippen molar-refractivity contribution in [2.75, 3.05) is 9.80 Å². The summed E-state index contributed by atoms with van der Waals surface area (Å²) >= 11 is 1.77. The number of aromatic nitrogens is 1. The molecule has 0 aliphatic heterocycles. The first kappa shape index (κ1) is 29.0. The average molecular weight is 646 g/mol. The minimum absolute atomic E-state index is 1.01. The van der Waals surface area contributed by atoms with Gasteiger partial charge < -0.3 is 9.80 Å². The molecule has 0 radical (unpaired) electrons. The van der Waals surface area contributed by atoms with Gasteiger partial charge in [-0.05, 0) is 77.5 Å². The molecule has 0 spiro atoms. The summed E-state index contributed by atoms with van der Waals surface area (Å²) in [6.45, 7) is 0. The number of rotatable bonds is 7. The maximum absolute atomic E-state index is 5.30. The van der Waals surface area contributed by atoms with E-state index in [1.807, 2.05) is 0 Å². The van der Waals surface area contributed by atoms with Crippen LogP contribution in [0.25, 0.3) is 42.3 Å². The third-order valence-corrected chi connectivity index (χ3v) is 10.1. The molecule has 0 bridgehead atoms. The van der Waals surface area contributed by atoms with E-state index in [-0.39, 0.29) is 0 Å². The Balaban J connectivity index is 1.19. The first-order valence-electron chi connectivity index (χ1n) is 16.5. The Labute approximate surface area is 289 Å². The number of thiazole rings is 1. The Morgan fingerprint density at radius 3 is 1.33 bits per heavy atom. The predicted octanol–water partition coefficient (Wildman–Crippen LogP) is 13.2. The Morgan fingerprint density at radius 2 is 0.755 bits per heavy atom. The van der Waals surface area contributed by atoms with E-state index < -0.39 is 0 Å². The lowest BCUT2D eigenvalue weighted by molar-refractivity contribution is 1.25. The Kier molecular flexibility index (Phi) is 7.34. The number of hydrogen-bond acceptors (Lipinski definition) is 4. The van der Waals surface area contributed by atoms with Crippen molar-refractivity contribution in [1.82, 2.24) is 4.98 Å². The molecular formula is C45H31N3S. The molecule has 0 amide bonds. The molecule has 9 aromatic rings. The SMILES string of the molecule is c1ccc(N(c2ccccc2)c2cccc(N(c3ccccc3)c3cccc(-c4nc5c6ccccc6c6ccccc6c5s4)c3)c2)cc1. The van der Waals surface area contributed by atoms with Crippen LogP contribution in [0.2, 0.25) is 0 Å². The lowest BCUT2D eigenvalue weighted by Crippen LogP contribution is -2.13. The minimum Gasteiger partial charge on any atom is -0.310 e. The van der Waals surface area contributed by atoms with Crippen LogP contribution >= 0.6 is 11.3 Å². The van der Waals surface area contributed by atoms with Crippen LogP contribution in [0.15, 0.2) is 188 Å². The van der Waals surface area contributed by atoms with E-state index in [4.69, 9.17) is 4.98 Å². The van der Waals surface area contributed by atoms with Crippen LogP contribution < -0.4 is 9.80 Å². The smallest absolute Gasteiger partial charge is 0.124 e. The number of nitrogens with zero attached hydrogens (tertiary/aromatic N) is 3. The summed E-state index contributed by atoms with van der Waals surface area (Å²) in [7, 11) is 0. The second-order valence-corrected chi connectivity index (χ2v) is 13.0. The fourth-order valence-corrected chi connectivity index (χ4v) is 7.94. The van der Waals surface area contributed by atoms with Gasteiger partial charge in [-0.1, -0.05) is 121 Å². The number of hydrogen-bond donors (Lipinski definition) is 0. The predicted molar refractivity (Wildman–Crippen MR) is 209 cm³/mol. The van der Waals surface area contributed by atoms with Crippen molar-refractivity contribution in [3.63, 3.8) is 0 Å². The highest BCUT2D eigenvalue weighted by atomic mass is 32.1. The molecule has 8 aromatic carbocycles. The van der Waals surface area contributed by atoms with Gasteiger partial charge in [0.2, 0.25) is 0 Å². The van der Waals surface area contributed by atoms with Crippen molar-refractivity contribution in [1.29, 1.82) is 0 Å². The molecule has 1 heterocycles. The molecule has 0 fully saturated rings. The van der Waals surface area contributed by atoms with Gasteiger partial charge in [-0.3, -0.25) is 0 Å². The van der Waals surface area contributed by atoms with Gasteiger partial charge in [-0.15, -0.1) is 11.3 Å². The second-order valence-electron chi connectivity index (χ2n) is 12.0. The van der Waals surface area contributed by atoms with Gasteiger partial charge in [0.25, 0.3) is 0 Å². The summed E-state index contributed by atoms with van der Waals surface area (Å²) in [5.41, 5.74) is 8.68. The normalized spacial score (nSPS) is 11.3. The van der Waals surface area contributed by atoms with Gasteiger partial charge in [0.05, 0.1) is 10.2 Å². The quantitative estimate of drug-likeness (QED) is 0.161. The van der Waals surface area contributed by atoms with Gasteiger partial charge in [-0.2, -0.15) is 0 Å². The van der Waals surface area contributed by atoms with Crippen LogP contribution in [0.3, 0.4) is 0 Å². The van der Waals surface area contributed by atoms with Crippen LogP contribution in [0.4, 0.5) is 34.1 Å². The van der Waals surface area contributed by atoms with Crippen LogP contribution in [0, 0.1) is 0 Å². The van der Waals surface area contributed by atoms with Crippen LogP contribution in [-0.4, -0.2) is 4.98 Å². The molecular weight excluding hydrogens is 615 g/mol. The molecule has 0 unspecified atom stereocenters. The minimum atomic E-state index is 1.01.